The lowest BCUT2D eigenvalue weighted by Gasteiger charge is -2.32. The zero-order valence-corrected chi connectivity index (χ0v) is 12.1. The summed E-state index contributed by atoms with van der Waals surface area (Å²) in [5.41, 5.74) is 0. The number of rotatable bonds is 7. The first-order valence-corrected chi connectivity index (χ1v) is 7.45. The van der Waals surface area contributed by atoms with Crippen LogP contribution in [-0.2, 0) is 19.1 Å². The first kappa shape index (κ1) is 15.9. The van der Waals surface area contributed by atoms with Crippen LogP contribution in [0.15, 0.2) is 0 Å². The molecule has 21 heavy (non-hydrogen) atoms. The second-order valence-corrected chi connectivity index (χ2v) is 5.49. The smallest absolute Gasteiger partial charge is 0.305 e. The zero-order valence-electron chi connectivity index (χ0n) is 12.1. The Morgan fingerprint density at radius 3 is 2.33 bits per heavy atom. The molecule has 0 aromatic carbocycles. The summed E-state index contributed by atoms with van der Waals surface area (Å²) in [6, 6.07) is 0. The third-order valence-electron chi connectivity index (χ3n) is 4.00. The summed E-state index contributed by atoms with van der Waals surface area (Å²) in [6.07, 6.45) is 2.58. The molecule has 0 bridgehead atoms. The van der Waals surface area contributed by atoms with Crippen LogP contribution in [0.2, 0.25) is 0 Å². The molecule has 0 aromatic rings. The molecule has 7 heteroatoms. The summed E-state index contributed by atoms with van der Waals surface area (Å²) in [4.78, 5) is 37.0. The van der Waals surface area contributed by atoms with E-state index in [2.05, 4.69) is 4.90 Å². The molecular weight excluding hydrogens is 276 g/mol. The minimum absolute atomic E-state index is 0.0411. The van der Waals surface area contributed by atoms with Crippen LogP contribution in [0, 0.1) is 0 Å². The second kappa shape index (κ2) is 7.51. The number of carbonyl (C=O) groups excluding carboxylic acids is 2. The van der Waals surface area contributed by atoms with Gasteiger partial charge in [0.1, 0.15) is 0 Å². The Morgan fingerprint density at radius 1 is 1.14 bits per heavy atom. The van der Waals surface area contributed by atoms with Crippen LogP contribution < -0.4 is 0 Å². The van der Waals surface area contributed by atoms with Crippen molar-refractivity contribution in [3.05, 3.63) is 0 Å². The van der Waals surface area contributed by atoms with E-state index >= 15 is 0 Å². The van der Waals surface area contributed by atoms with Gasteiger partial charge in [-0.05, 0) is 12.8 Å². The van der Waals surface area contributed by atoms with Gasteiger partial charge >= 0.3 is 5.97 Å². The maximum atomic E-state index is 11.5. The molecule has 0 unspecified atom stereocenters. The summed E-state index contributed by atoms with van der Waals surface area (Å²) in [6.45, 7) is 3.15. The number of imide groups is 1. The highest BCUT2D eigenvalue weighted by Crippen LogP contribution is 2.15. The Balaban J connectivity index is 1.62. The maximum absolute atomic E-state index is 11.5. The maximum Gasteiger partial charge on any atom is 0.305 e. The predicted octanol–water partition coefficient (Wildman–Crippen LogP) is 0.0911. The number of likely N-dealkylation sites (tertiary alicyclic amines) is 2. The van der Waals surface area contributed by atoms with Gasteiger partial charge in [-0.3, -0.25) is 19.3 Å². The van der Waals surface area contributed by atoms with E-state index in [-0.39, 0.29) is 30.9 Å². The fourth-order valence-corrected chi connectivity index (χ4v) is 2.73. The summed E-state index contributed by atoms with van der Waals surface area (Å²) >= 11 is 0. The fraction of sp³-hybridized carbons (Fsp3) is 0.786. The molecule has 1 N–H and O–H groups in total. The SMILES string of the molecule is O=C(O)CCOC1CCN(CCN2C(=O)CCC2=O)CC1. The molecule has 2 aliphatic rings. The molecule has 0 aromatic heterocycles. The Bertz CT molecular complexity index is 388. The molecule has 118 valence electrons. The van der Waals surface area contributed by atoms with Crippen LogP contribution in [-0.4, -0.2) is 71.6 Å². The van der Waals surface area contributed by atoms with Crippen LogP contribution in [0.5, 0.6) is 0 Å². The number of piperidine rings is 1. The van der Waals surface area contributed by atoms with E-state index in [0.29, 0.717) is 25.9 Å². The molecule has 2 saturated heterocycles. The first-order valence-electron chi connectivity index (χ1n) is 7.45. The molecule has 0 saturated carbocycles. The van der Waals surface area contributed by atoms with Crippen LogP contribution in [0.1, 0.15) is 32.1 Å². The predicted molar refractivity (Wildman–Crippen MR) is 73.6 cm³/mol. The lowest BCUT2D eigenvalue weighted by atomic mass is 10.1. The molecular formula is C14H22N2O5. The van der Waals surface area contributed by atoms with Crippen LogP contribution in [0.3, 0.4) is 0 Å². The monoisotopic (exact) mass is 298 g/mol. The van der Waals surface area contributed by atoms with E-state index < -0.39 is 5.97 Å². The largest absolute Gasteiger partial charge is 0.481 e. The molecule has 2 heterocycles. The number of nitrogens with zero attached hydrogens (tertiary/aromatic N) is 2. The van der Waals surface area contributed by atoms with Crippen molar-refractivity contribution in [3.63, 3.8) is 0 Å². The number of hydrogen-bond acceptors (Lipinski definition) is 5. The standard InChI is InChI=1S/C14H22N2O5/c17-12-1-2-13(18)16(12)9-8-15-6-3-11(4-7-15)21-10-5-14(19)20/h11H,1-10H2,(H,19,20). The van der Waals surface area contributed by atoms with Crippen molar-refractivity contribution in [2.24, 2.45) is 0 Å². The molecule has 0 spiro atoms. The minimum Gasteiger partial charge on any atom is -0.481 e. The molecule has 2 fully saturated rings. The number of carboxylic acids is 1. The van der Waals surface area contributed by atoms with E-state index in [9.17, 15) is 14.4 Å². The highest BCUT2D eigenvalue weighted by molar-refractivity contribution is 6.01. The average Bonchev–Trinajstić information content (AvgIpc) is 2.77. The highest BCUT2D eigenvalue weighted by atomic mass is 16.5. The van der Waals surface area contributed by atoms with Gasteiger partial charge in [0.05, 0.1) is 19.1 Å². The van der Waals surface area contributed by atoms with Gasteiger partial charge < -0.3 is 14.7 Å². The molecule has 2 amide bonds. The molecule has 0 aliphatic carbocycles. The van der Waals surface area contributed by atoms with Crippen molar-refractivity contribution in [3.8, 4) is 0 Å². The molecule has 0 radical (unpaired) electrons. The van der Waals surface area contributed by atoms with Gasteiger partial charge in [0.2, 0.25) is 11.8 Å². The van der Waals surface area contributed by atoms with E-state index in [1.807, 2.05) is 0 Å². The lowest BCUT2D eigenvalue weighted by Crippen LogP contribution is -2.42. The van der Waals surface area contributed by atoms with Gasteiger partial charge in [-0.15, -0.1) is 0 Å². The van der Waals surface area contributed by atoms with E-state index in [4.69, 9.17) is 9.84 Å². The van der Waals surface area contributed by atoms with Gasteiger partial charge in [0, 0.05) is 39.0 Å². The first-order chi connectivity index (χ1) is 10.1. The van der Waals surface area contributed by atoms with E-state index in [1.165, 1.54) is 4.90 Å². The Morgan fingerprint density at radius 2 is 1.76 bits per heavy atom. The third-order valence-corrected chi connectivity index (χ3v) is 4.00. The Hall–Kier alpha value is -1.47. The Kier molecular flexibility index (Phi) is 5.69. The average molecular weight is 298 g/mol. The number of carboxylic acid groups (broad SMARTS) is 1. The van der Waals surface area contributed by atoms with Crippen molar-refractivity contribution < 1.29 is 24.2 Å². The summed E-state index contributed by atoms with van der Waals surface area (Å²) in [5.74, 6) is -0.967. The fourth-order valence-electron chi connectivity index (χ4n) is 2.73. The number of carbonyl (C=O) groups is 3. The summed E-state index contributed by atoms with van der Waals surface area (Å²) in [5, 5.41) is 8.55. The van der Waals surface area contributed by atoms with Gasteiger partial charge in [0.15, 0.2) is 0 Å². The van der Waals surface area contributed by atoms with Crippen molar-refractivity contribution >= 4 is 17.8 Å². The quantitative estimate of drug-likeness (QED) is 0.670. The van der Waals surface area contributed by atoms with Gasteiger partial charge in [-0.2, -0.15) is 0 Å². The third kappa shape index (κ3) is 4.78. The minimum atomic E-state index is -0.840. The molecule has 2 aliphatic heterocycles. The van der Waals surface area contributed by atoms with Gasteiger partial charge in [-0.1, -0.05) is 0 Å². The topological polar surface area (TPSA) is 87.2 Å². The van der Waals surface area contributed by atoms with Gasteiger partial charge in [-0.25, -0.2) is 0 Å². The lowest BCUT2D eigenvalue weighted by molar-refractivity contribution is -0.140. The van der Waals surface area contributed by atoms with E-state index in [0.717, 1.165) is 25.9 Å². The summed E-state index contributed by atoms with van der Waals surface area (Å²) in [7, 11) is 0. The number of aliphatic carboxylic acids is 1. The normalized spacial score (nSPS) is 21.2. The molecule has 7 nitrogen and oxygen atoms in total. The Labute approximate surface area is 123 Å². The summed E-state index contributed by atoms with van der Waals surface area (Å²) < 4.78 is 5.53. The number of hydrogen-bond donors (Lipinski definition) is 1. The van der Waals surface area contributed by atoms with Crippen LogP contribution >= 0.6 is 0 Å². The van der Waals surface area contributed by atoms with Crippen LogP contribution in [0.25, 0.3) is 0 Å². The second-order valence-electron chi connectivity index (χ2n) is 5.49. The van der Waals surface area contributed by atoms with Crippen molar-refractivity contribution in [1.82, 2.24) is 9.80 Å². The van der Waals surface area contributed by atoms with Crippen molar-refractivity contribution in [2.75, 3.05) is 32.8 Å². The molecule has 2 rings (SSSR count). The van der Waals surface area contributed by atoms with Crippen molar-refractivity contribution in [1.29, 1.82) is 0 Å². The highest BCUT2D eigenvalue weighted by Gasteiger charge is 2.29. The number of amides is 2. The molecule has 0 atom stereocenters. The van der Waals surface area contributed by atoms with Crippen molar-refractivity contribution in [2.45, 2.75) is 38.2 Å². The van der Waals surface area contributed by atoms with Crippen LogP contribution in [0.4, 0.5) is 0 Å². The van der Waals surface area contributed by atoms with E-state index in [1.54, 1.807) is 0 Å². The van der Waals surface area contributed by atoms with Gasteiger partial charge in [0.25, 0.3) is 0 Å². The number of ether oxygens (including phenoxy) is 1. The zero-order chi connectivity index (χ0) is 15.2.